The number of carbonyl (C=O) groups excluding carboxylic acids is 1. The van der Waals surface area contributed by atoms with Gasteiger partial charge in [0.2, 0.25) is 0 Å². The Morgan fingerprint density at radius 2 is 1.80 bits per heavy atom. The van der Waals surface area contributed by atoms with Gasteiger partial charge in [0.15, 0.2) is 5.79 Å². The maximum absolute atomic E-state index is 11.5. The first-order valence-corrected chi connectivity index (χ1v) is 11.8. The summed E-state index contributed by atoms with van der Waals surface area (Å²) in [4.78, 5) is 41.9. The summed E-state index contributed by atoms with van der Waals surface area (Å²) >= 11 is 0. The van der Waals surface area contributed by atoms with Crippen LogP contribution in [0, 0.1) is 22.0 Å². The molecule has 11 heteroatoms. The van der Waals surface area contributed by atoms with Gasteiger partial charge >= 0.3 is 12.1 Å². The molecule has 3 unspecified atom stereocenters. The van der Waals surface area contributed by atoms with Gasteiger partial charge in [-0.25, -0.2) is 14.6 Å². The van der Waals surface area contributed by atoms with Gasteiger partial charge in [0, 0.05) is 18.6 Å². The molecule has 0 saturated heterocycles. The fraction of sp³-hybridized carbons (Fsp3) is 0.667. The lowest BCUT2D eigenvalue weighted by Crippen LogP contribution is -2.34. The number of non-ortho nitro benzene ring substituents is 1. The van der Waals surface area contributed by atoms with Crippen molar-refractivity contribution in [3.63, 3.8) is 0 Å². The summed E-state index contributed by atoms with van der Waals surface area (Å²) in [5.41, 5.74) is -0.113. The van der Waals surface area contributed by atoms with E-state index in [4.69, 9.17) is 19.6 Å². The number of benzene rings is 1. The van der Waals surface area contributed by atoms with Crippen LogP contribution in [0.1, 0.15) is 72.1 Å². The van der Waals surface area contributed by atoms with E-state index >= 15 is 0 Å². The molecule has 3 atom stereocenters. The number of esters is 1. The Hall–Kier alpha value is -2.76. The number of nitro benzene ring substituents is 1. The Balaban J connectivity index is 0.000000400. The topological polar surface area (TPSA) is 155 Å². The van der Waals surface area contributed by atoms with E-state index < -0.39 is 16.9 Å². The van der Waals surface area contributed by atoms with Gasteiger partial charge in [0.1, 0.15) is 5.75 Å². The molecule has 0 amide bonds. The summed E-state index contributed by atoms with van der Waals surface area (Å²) in [6.45, 7) is 5.52. The molecule has 1 saturated carbocycles. The van der Waals surface area contributed by atoms with Crippen LogP contribution in [0.2, 0.25) is 0 Å². The third-order valence-corrected chi connectivity index (χ3v) is 5.70. The van der Waals surface area contributed by atoms with E-state index in [2.05, 4.69) is 4.74 Å². The van der Waals surface area contributed by atoms with Crippen LogP contribution < -0.4 is 4.74 Å². The number of methoxy groups -OCH3 is 1. The minimum atomic E-state index is -1.45. The number of nitro groups is 1. The van der Waals surface area contributed by atoms with Gasteiger partial charge in [-0.2, -0.15) is 0 Å². The zero-order valence-corrected chi connectivity index (χ0v) is 20.8. The van der Waals surface area contributed by atoms with Crippen molar-refractivity contribution in [1.82, 2.24) is 0 Å². The summed E-state index contributed by atoms with van der Waals surface area (Å²) in [7, 11) is 1.40. The molecule has 11 nitrogen and oxygen atoms in total. The lowest BCUT2D eigenvalue weighted by Gasteiger charge is -2.30. The molecule has 0 spiro atoms. The number of aliphatic hydroxyl groups is 1. The number of hydrogen-bond acceptors (Lipinski definition) is 9. The van der Waals surface area contributed by atoms with Gasteiger partial charge in [-0.3, -0.25) is 14.9 Å². The molecule has 2 rings (SSSR count). The second-order valence-corrected chi connectivity index (χ2v) is 8.87. The zero-order valence-electron chi connectivity index (χ0n) is 20.8. The van der Waals surface area contributed by atoms with Crippen molar-refractivity contribution < 1.29 is 44.0 Å². The third kappa shape index (κ3) is 12.5. The van der Waals surface area contributed by atoms with Crippen molar-refractivity contribution in [2.24, 2.45) is 11.8 Å². The number of hydrogen-bond donors (Lipinski definition) is 2. The molecule has 0 heterocycles. The Labute approximate surface area is 205 Å². The van der Waals surface area contributed by atoms with Gasteiger partial charge in [-0.05, 0) is 44.2 Å². The van der Waals surface area contributed by atoms with E-state index in [0.717, 1.165) is 44.2 Å². The molecule has 1 aromatic carbocycles. The Kier molecular flexibility index (Phi) is 13.2. The normalized spacial score (nSPS) is 17.2. The molecule has 1 aliphatic rings. The molecule has 0 radical (unpaired) electrons. The van der Waals surface area contributed by atoms with E-state index in [9.17, 15) is 24.8 Å². The molecule has 2 N–H and O–H groups in total. The van der Waals surface area contributed by atoms with Crippen molar-refractivity contribution in [3.05, 3.63) is 34.4 Å². The minimum Gasteiger partial charge on any atom is -0.469 e. The van der Waals surface area contributed by atoms with Crippen molar-refractivity contribution in [2.75, 3.05) is 7.11 Å². The first-order chi connectivity index (χ1) is 16.5. The molecule has 35 heavy (non-hydrogen) atoms. The van der Waals surface area contributed by atoms with Crippen molar-refractivity contribution >= 4 is 17.8 Å². The van der Waals surface area contributed by atoms with E-state index in [1.807, 2.05) is 13.8 Å². The number of ether oxygens (including phenoxy) is 2. The highest BCUT2D eigenvalue weighted by Gasteiger charge is 2.30. The summed E-state index contributed by atoms with van der Waals surface area (Å²) in [5.74, 6) is -1.48. The summed E-state index contributed by atoms with van der Waals surface area (Å²) in [6, 6.07) is 4.76. The van der Waals surface area contributed by atoms with Gasteiger partial charge < -0.3 is 19.7 Å². The van der Waals surface area contributed by atoms with Gasteiger partial charge in [0.05, 0.1) is 24.1 Å². The van der Waals surface area contributed by atoms with Gasteiger partial charge in [-0.1, -0.05) is 39.5 Å². The molecule has 0 aliphatic heterocycles. The first-order valence-electron chi connectivity index (χ1n) is 11.8. The first kappa shape index (κ1) is 30.3. The highest BCUT2D eigenvalue weighted by Crippen LogP contribution is 2.29. The van der Waals surface area contributed by atoms with Crippen LogP contribution >= 0.6 is 0 Å². The van der Waals surface area contributed by atoms with Crippen molar-refractivity contribution in [2.45, 2.75) is 84.0 Å². The number of nitrogens with zero attached hydrogens (tertiary/aromatic N) is 1. The quantitative estimate of drug-likeness (QED) is 0.103. The van der Waals surface area contributed by atoms with Crippen LogP contribution in [0.25, 0.3) is 0 Å². The number of carboxylic acid groups (broad SMARTS) is 1. The van der Waals surface area contributed by atoms with E-state index in [1.54, 1.807) is 6.92 Å². The standard InChI is InChI=1S/C17H32O5.C7H5NO5/c1-5-14(11-13(2)16(18)20-4)12-17(3,19)22-21-15-9-7-6-8-10-15;9-7(10)13-6-3-1-5(2-4-6)8(11)12/h13-15,19H,5-12H2,1-4H3;1-4H,(H,9,10). The third-order valence-electron chi connectivity index (χ3n) is 5.70. The molecule has 0 bridgehead atoms. The largest absolute Gasteiger partial charge is 0.511 e. The fourth-order valence-electron chi connectivity index (χ4n) is 3.83. The summed E-state index contributed by atoms with van der Waals surface area (Å²) in [5, 5.41) is 28.8. The van der Waals surface area contributed by atoms with Crippen LogP contribution in [-0.4, -0.2) is 46.3 Å². The van der Waals surface area contributed by atoms with Crippen molar-refractivity contribution in [1.29, 1.82) is 0 Å². The van der Waals surface area contributed by atoms with Crippen LogP contribution in [0.5, 0.6) is 5.75 Å². The Morgan fingerprint density at radius 1 is 1.20 bits per heavy atom. The molecule has 198 valence electrons. The predicted molar refractivity (Wildman–Crippen MR) is 126 cm³/mol. The summed E-state index contributed by atoms with van der Waals surface area (Å²) < 4.78 is 9.00. The SMILES string of the molecule is CCC(CC(C)C(=O)OC)CC(C)(O)OOC1CCCCC1.O=C(O)Oc1ccc([N+](=O)[O-])cc1. The molecular weight excluding hydrogens is 462 g/mol. The fourth-order valence-corrected chi connectivity index (χ4v) is 3.83. The Morgan fingerprint density at radius 3 is 2.29 bits per heavy atom. The second-order valence-electron chi connectivity index (χ2n) is 8.87. The second kappa shape index (κ2) is 15.3. The van der Waals surface area contributed by atoms with Crippen molar-refractivity contribution in [3.8, 4) is 5.75 Å². The van der Waals surface area contributed by atoms with E-state index in [1.165, 1.54) is 25.7 Å². The summed E-state index contributed by atoms with van der Waals surface area (Å²) in [6.07, 6.45) is 6.17. The predicted octanol–water partition coefficient (Wildman–Crippen LogP) is 5.24. The van der Waals surface area contributed by atoms with E-state index in [0.29, 0.717) is 12.8 Å². The minimum absolute atomic E-state index is 0.0538. The lowest BCUT2D eigenvalue weighted by molar-refractivity contribution is -0.437. The van der Waals surface area contributed by atoms with Crippen LogP contribution in [-0.2, 0) is 19.3 Å². The van der Waals surface area contributed by atoms with Crippen LogP contribution in [0.3, 0.4) is 0 Å². The highest BCUT2D eigenvalue weighted by molar-refractivity contribution is 5.71. The van der Waals surface area contributed by atoms with E-state index in [-0.39, 0.29) is 35.3 Å². The maximum Gasteiger partial charge on any atom is 0.511 e. The van der Waals surface area contributed by atoms with Gasteiger partial charge in [0.25, 0.3) is 5.69 Å². The highest BCUT2D eigenvalue weighted by atomic mass is 17.2. The number of carbonyl (C=O) groups is 2. The average molecular weight is 500 g/mol. The monoisotopic (exact) mass is 499 g/mol. The van der Waals surface area contributed by atoms with Gasteiger partial charge in [-0.15, -0.1) is 0 Å². The molecule has 1 aromatic rings. The Bertz CT molecular complexity index is 790. The smallest absolute Gasteiger partial charge is 0.469 e. The molecular formula is C24H37NO10. The zero-order chi connectivity index (χ0) is 26.4. The number of rotatable bonds is 11. The maximum atomic E-state index is 11.5. The lowest BCUT2D eigenvalue weighted by atomic mass is 9.88. The van der Waals surface area contributed by atoms with Crippen LogP contribution in [0.15, 0.2) is 24.3 Å². The molecule has 1 aliphatic carbocycles. The van der Waals surface area contributed by atoms with Crippen LogP contribution in [0.4, 0.5) is 10.5 Å². The molecule has 1 fully saturated rings. The average Bonchev–Trinajstić information content (AvgIpc) is 2.82. The molecule has 0 aromatic heterocycles.